The number of allylic oxidation sites excluding steroid dienone is 3. The van der Waals surface area contributed by atoms with Gasteiger partial charge in [0.1, 0.15) is 11.5 Å². The molecule has 0 saturated carbocycles. The van der Waals surface area contributed by atoms with Gasteiger partial charge in [-0.3, -0.25) is 0 Å². The van der Waals surface area contributed by atoms with Crippen LogP contribution in [0.2, 0.25) is 0 Å². The van der Waals surface area contributed by atoms with Gasteiger partial charge in [-0.2, -0.15) is 10.5 Å². The lowest BCUT2D eigenvalue weighted by atomic mass is 9.91. The molecule has 1 aromatic rings. The van der Waals surface area contributed by atoms with Crippen molar-refractivity contribution in [3.63, 3.8) is 0 Å². The molecule has 0 aliphatic carbocycles. The number of hydrogen-bond donors (Lipinski definition) is 0. The fourth-order valence-corrected chi connectivity index (χ4v) is 1.71. The average Bonchev–Trinajstić information content (AvgIpc) is 2.66. The second-order valence-corrected chi connectivity index (χ2v) is 6.12. The standard InChI is InChI=1S/C20H22N2O2.C2H6/c1-16(13-21)5-6-17(2)23-12-11-20(3,4)15-24-19-9-7-18(14-22)8-10-19;1-2/h5-10H,1-2,11-12,15H2,3-4H3;1-2H3/b6-5-;. The first-order valence-electron chi connectivity index (χ1n) is 8.58. The van der Waals surface area contributed by atoms with Crippen LogP contribution in [-0.4, -0.2) is 13.2 Å². The predicted molar refractivity (Wildman–Crippen MR) is 105 cm³/mol. The van der Waals surface area contributed by atoms with Crippen LogP contribution in [-0.2, 0) is 4.74 Å². The van der Waals surface area contributed by atoms with Crippen molar-refractivity contribution in [1.29, 1.82) is 10.5 Å². The summed E-state index contributed by atoms with van der Waals surface area (Å²) in [5.41, 5.74) is 0.894. The van der Waals surface area contributed by atoms with Crippen molar-refractivity contribution in [2.75, 3.05) is 13.2 Å². The molecule has 4 nitrogen and oxygen atoms in total. The Morgan fingerprint density at radius 2 is 1.73 bits per heavy atom. The Balaban J connectivity index is 0.00000301. The van der Waals surface area contributed by atoms with Crippen LogP contribution < -0.4 is 4.74 Å². The van der Waals surface area contributed by atoms with Gasteiger partial charge in [0.25, 0.3) is 0 Å². The van der Waals surface area contributed by atoms with Gasteiger partial charge in [-0.1, -0.05) is 40.9 Å². The molecule has 0 aliphatic heterocycles. The Morgan fingerprint density at radius 3 is 2.27 bits per heavy atom. The lowest BCUT2D eigenvalue weighted by Gasteiger charge is -2.24. The average molecular weight is 352 g/mol. The first kappa shape index (κ1) is 23.0. The fraction of sp³-hybridized carbons (Fsp3) is 0.364. The summed E-state index contributed by atoms with van der Waals surface area (Å²) in [4.78, 5) is 0. The molecule has 0 fully saturated rings. The third-order valence-electron chi connectivity index (χ3n) is 3.29. The lowest BCUT2D eigenvalue weighted by Crippen LogP contribution is -2.23. The molecule has 0 aromatic heterocycles. The smallest absolute Gasteiger partial charge is 0.119 e. The summed E-state index contributed by atoms with van der Waals surface area (Å²) in [6.45, 7) is 16.6. The molecule has 0 unspecified atom stereocenters. The van der Waals surface area contributed by atoms with Crippen LogP contribution in [0.15, 0.2) is 60.9 Å². The normalized spacial score (nSPS) is 10.1. The Labute approximate surface area is 157 Å². The number of hydrogen-bond acceptors (Lipinski definition) is 4. The summed E-state index contributed by atoms with van der Waals surface area (Å²) in [6.07, 6.45) is 3.99. The van der Waals surface area contributed by atoms with E-state index in [1.165, 1.54) is 0 Å². The molecule has 138 valence electrons. The lowest BCUT2D eigenvalue weighted by molar-refractivity contribution is 0.122. The predicted octanol–water partition coefficient (Wildman–Crippen LogP) is 5.55. The first-order chi connectivity index (χ1) is 12.4. The van der Waals surface area contributed by atoms with E-state index in [1.807, 2.05) is 19.9 Å². The fourth-order valence-electron chi connectivity index (χ4n) is 1.71. The minimum absolute atomic E-state index is 0.0753. The number of nitriles is 2. The van der Waals surface area contributed by atoms with E-state index in [1.54, 1.807) is 36.4 Å². The maximum atomic E-state index is 8.77. The molecule has 0 atom stereocenters. The van der Waals surface area contributed by atoms with Gasteiger partial charge in [-0.05, 0) is 42.8 Å². The summed E-state index contributed by atoms with van der Waals surface area (Å²) >= 11 is 0. The van der Waals surface area contributed by atoms with E-state index in [0.717, 1.165) is 12.2 Å². The molecule has 0 spiro atoms. The third kappa shape index (κ3) is 10.0. The molecule has 26 heavy (non-hydrogen) atoms. The van der Waals surface area contributed by atoms with Gasteiger partial charge in [0.05, 0.1) is 30.9 Å². The van der Waals surface area contributed by atoms with Crippen LogP contribution in [0, 0.1) is 28.1 Å². The zero-order valence-electron chi connectivity index (χ0n) is 16.2. The van der Waals surface area contributed by atoms with E-state index in [4.69, 9.17) is 20.0 Å². The van der Waals surface area contributed by atoms with Gasteiger partial charge in [-0.15, -0.1) is 0 Å². The third-order valence-corrected chi connectivity index (χ3v) is 3.29. The van der Waals surface area contributed by atoms with Crippen molar-refractivity contribution >= 4 is 0 Å². The van der Waals surface area contributed by atoms with Crippen LogP contribution in [0.1, 0.15) is 39.7 Å². The van der Waals surface area contributed by atoms with Crippen LogP contribution in [0.3, 0.4) is 0 Å². The zero-order valence-corrected chi connectivity index (χ0v) is 16.2. The minimum Gasteiger partial charge on any atom is -0.494 e. The van der Waals surface area contributed by atoms with E-state index in [2.05, 4.69) is 33.1 Å². The molecule has 0 aliphatic rings. The molecule has 1 rings (SSSR count). The molecule has 0 N–H and O–H groups in total. The van der Waals surface area contributed by atoms with Gasteiger partial charge in [-0.25, -0.2) is 0 Å². The molecular weight excluding hydrogens is 324 g/mol. The van der Waals surface area contributed by atoms with Crippen LogP contribution in [0.4, 0.5) is 0 Å². The largest absolute Gasteiger partial charge is 0.494 e. The Hall–Kier alpha value is -2.98. The SMILES string of the molecule is C=C(C#N)/C=C\C(=C)OCCC(C)(C)COc1ccc(C#N)cc1.CC. The number of nitrogens with zero attached hydrogens (tertiary/aromatic N) is 2. The number of ether oxygens (including phenoxy) is 2. The van der Waals surface area contributed by atoms with Gasteiger partial charge >= 0.3 is 0 Å². The molecule has 0 heterocycles. The molecule has 0 bridgehead atoms. The number of rotatable bonds is 9. The van der Waals surface area contributed by atoms with E-state index < -0.39 is 0 Å². The van der Waals surface area contributed by atoms with E-state index in [-0.39, 0.29) is 5.41 Å². The summed E-state index contributed by atoms with van der Waals surface area (Å²) in [5, 5.41) is 17.4. The highest BCUT2D eigenvalue weighted by Gasteiger charge is 2.19. The van der Waals surface area contributed by atoms with Gasteiger partial charge in [0.2, 0.25) is 0 Å². The van der Waals surface area contributed by atoms with Crippen molar-refractivity contribution in [3.05, 3.63) is 66.5 Å². The first-order valence-corrected chi connectivity index (χ1v) is 8.58. The highest BCUT2D eigenvalue weighted by atomic mass is 16.5. The summed E-state index contributed by atoms with van der Waals surface area (Å²) in [7, 11) is 0. The second kappa shape index (κ2) is 12.4. The zero-order chi connectivity index (χ0) is 20.0. The minimum atomic E-state index is -0.0753. The van der Waals surface area contributed by atoms with Crippen molar-refractivity contribution in [2.24, 2.45) is 5.41 Å². The summed E-state index contributed by atoms with van der Waals surface area (Å²) < 4.78 is 11.3. The maximum absolute atomic E-state index is 8.77. The van der Waals surface area contributed by atoms with Crippen molar-refractivity contribution in [3.8, 4) is 17.9 Å². The Bertz CT molecular complexity index is 686. The van der Waals surface area contributed by atoms with Gasteiger partial charge < -0.3 is 9.47 Å². The molecule has 0 radical (unpaired) electrons. The summed E-state index contributed by atoms with van der Waals surface area (Å²) in [5.74, 6) is 1.24. The monoisotopic (exact) mass is 352 g/mol. The van der Waals surface area contributed by atoms with Gasteiger partial charge in [0, 0.05) is 11.0 Å². The topological polar surface area (TPSA) is 66.0 Å². The molecule has 0 saturated heterocycles. The van der Waals surface area contributed by atoms with E-state index in [9.17, 15) is 0 Å². The molecule has 4 heteroatoms. The highest BCUT2D eigenvalue weighted by molar-refractivity contribution is 5.34. The molecular formula is C22H28N2O2. The molecule has 0 amide bonds. The molecule has 1 aromatic carbocycles. The van der Waals surface area contributed by atoms with Crippen molar-refractivity contribution in [2.45, 2.75) is 34.1 Å². The highest BCUT2D eigenvalue weighted by Crippen LogP contribution is 2.23. The second-order valence-electron chi connectivity index (χ2n) is 6.12. The van der Waals surface area contributed by atoms with Crippen molar-refractivity contribution in [1.82, 2.24) is 0 Å². The van der Waals surface area contributed by atoms with E-state index >= 15 is 0 Å². The van der Waals surface area contributed by atoms with Gasteiger partial charge in [0.15, 0.2) is 0 Å². The Kier molecular flexibility index (Phi) is 11.0. The van der Waals surface area contributed by atoms with Crippen LogP contribution >= 0.6 is 0 Å². The number of benzene rings is 1. The van der Waals surface area contributed by atoms with Crippen LogP contribution in [0.5, 0.6) is 5.75 Å². The Morgan fingerprint density at radius 1 is 1.12 bits per heavy atom. The van der Waals surface area contributed by atoms with Crippen LogP contribution in [0.25, 0.3) is 0 Å². The summed E-state index contributed by atoms with van der Waals surface area (Å²) in [6, 6.07) is 11.1. The quantitative estimate of drug-likeness (QED) is 0.332. The maximum Gasteiger partial charge on any atom is 0.119 e. The van der Waals surface area contributed by atoms with E-state index in [0.29, 0.717) is 30.1 Å². The van der Waals surface area contributed by atoms with Crippen molar-refractivity contribution < 1.29 is 9.47 Å².